The predicted molar refractivity (Wildman–Crippen MR) is 131 cm³/mol. The minimum absolute atomic E-state index is 0.410. The van der Waals surface area contributed by atoms with Gasteiger partial charge in [-0.25, -0.2) is 13.8 Å². The highest BCUT2D eigenvalue weighted by Crippen LogP contribution is 2.20. The minimum Gasteiger partial charge on any atom is -0.489 e. The summed E-state index contributed by atoms with van der Waals surface area (Å²) in [7, 11) is -3.67. The van der Waals surface area contributed by atoms with Gasteiger partial charge in [0, 0.05) is 0 Å². The van der Waals surface area contributed by atoms with Gasteiger partial charge in [-0.1, -0.05) is 48.0 Å². The van der Waals surface area contributed by atoms with Crippen LogP contribution < -0.4 is 14.5 Å². The Hall–Kier alpha value is -3.65. The van der Waals surface area contributed by atoms with Crippen LogP contribution in [0.4, 0.5) is 5.69 Å². The summed E-state index contributed by atoms with van der Waals surface area (Å²) in [5.74, 6) is 0.176. The molecule has 0 aliphatic rings. The van der Waals surface area contributed by atoms with Crippen molar-refractivity contribution in [3.63, 3.8) is 0 Å². The Morgan fingerprint density at radius 2 is 1.67 bits per heavy atom. The summed E-state index contributed by atoms with van der Waals surface area (Å²) < 4.78 is 31.4. The first kappa shape index (κ1) is 24.0. The Labute approximate surface area is 194 Å². The molecule has 8 heteroatoms. The molecule has 0 aliphatic heterocycles. The van der Waals surface area contributed by atoms with Gasteiger partial charge in [-0.3, -0.25) is 9.10 Å². The van der Waals surface area contributed by atoms with Crippen molar-refractivity contribution >= 4 is 27.8 Å². The molecule has 0 unspecified atom stereocenters. The molecule has 7 nitrogen and oxygen atoms in total. The van der Waals surface area contributed by atoms with Gasteiger partial charge >= 0.3 is 0 Å². The first-order chi connectivity index (χ1) is 15.7. The number of carbonyl (C=O) groups is 1. The van der Waals surface area contributed by atoms with E-state index in [1.54, 1.807) is 30.3 Å². The topological polar surface area (TPSA) is 88.1 Å². The summed E-state index contributed by atoms with van der Waals surface area (Å²) in [6, 6.07) is 22.9. The molecule has 0 radical (unpaired) electrons. The van der Waals surface area contributed by atoms with Crippen molar-refractivity contribution in [1.29, 1.82) is 0 Å². The summed E-state index contributed by atoms with van der Waals surface area (Å²) in [6.07, 6.45) is 2.55. The van der Waals surface area contributed by atoms with Gasteiger partial charge < -0.3 is 4.74 Å². The van der Waals surface area contributed by atoms with Crippen molar-refractivity contribution < 1.29 is 17.9 Å². The Morgan fingerprint density at radius 1 is 1.03 bits per heavy atom. The zero-order valence-corrected chi connectivity index (χ0v) is 19.6. The largest absolute Gasteiger partial charge is 0.489 e. The highest BCUT2D eigenvalue weighted by molar-refractivity contribution is 7.92. The average Bonchev–Trinajstić information content (AvgIpc) is 2.79. The van der Waals surface area contributed by atoms with Crippen molar-refractivity contribution in [2.24, 2.45) is 5.10 Å². The first-order valence-electron chi connectivity index (χ1n) is 10.4. The number of para-hydroxylation sites is 1. The summed E-state index contributed by atoms with van der Waals surface area (Å²) in [6.45, 7) is 4.03. The molecule has 0 aliphatic carbocycles. The molecule has 1 amide bonds. The molecule has 3 aromatic carbocycles. The number of nitrogens with one attached hydrogen (secondary N) is 1. The van der Waals surface area contributed by atoms with Crippen LogP contribution in [0, 0.1) is 6.92 Å². The smallest absolute Gasteiger partial charge is 0.263 e. The van der Waals surface area contributed by atoms with Gasteiger partial charge in [0.2, 0.25) is 10.0 Å². The molecular weight excluding hydrogens is 438 g/mol. The predicted octanol–water partition coefficient (Wildman–Crippen LogP) is 3.88. The lowest BCUT2D eigenvalue weighted by Crippen LogP contribution is -2.46. The number of hydrogen-bond acceptors (Lipinski definition) is 5. The van der Waals surface area contributed by atoms with E-state index in [9.17, 15) is 13.2 Å². The molecule has 0 spiro atoms. The zero-order valence-electron chi connectivity index (χ0n) is 18.8. The quantitative estimate of drug-likeness (QED) is 0.384. The SMILES string of the molecule is Cc1ccc(COc2ccc(/C=N\NC(=O)[C@@H](C)N(c3ccccc3)S(C)(=O)=O)cc2)cc1. The van der Waals surface area contributed by atoms with Crippen molar-refractivity contribution in [2.45, 2.75) is 26.5 Å². The molecule has 1 atom stereocenters. The molecule has 3 rings (SSSR count). The maximum Gasteiger partial charge on any atom is 0.263 e. The number of ether oxygens (including phenoxy) is 1. The second-order valence-electron chi connectivity index (χ2n) is 7.65. The molecule has 3 aromatic rings. The number of nitrogens with zero attached hydrogens (tertiary/aromatic N) is 2. The molecule has 0 bridgehead atoms. The van der Waals surface area contributed by atoms with Crippen molar-refractivity contribution in [3.8, 4) is 5.75 Å². The zero-order chi connectivity index (χ0) is 23.8. The van der Waals surface area contributed by atoms with Crippen LogP contribution in [0.5, 0.6) is 5.75 Å². The third-order valence-electron chi connectivity index (χ3n) is 4.89. The van der Waals surface area contributed by atoms with Gasteiger partial charge in [-0.2, -0.15) is 5.10 Å². The van der Waals surface area contributed by atoms with E-state index >= 15 is 0 Å². The van der Waals surface area contributed by atoms with Crippen LogP contribution in [0.3, 0.4) is 0 Å². The molecule has 0 fully saturated rings. The van der Waals surface area contributed by atoms with E-state index in [1.165, 1.54) is 18.7 Å². The number of carbonyl (C=O) groups excluding carboxylic acids is 1. The van der Waals surface area contributed by atoms with E-state index < -0.39 is 22.0 Å². The summed E-state index contributed by atoms with van der Waals surface area (Å²) >= 11 is 0. The standard InChI is InChI=1S/C25H27N3O4S/c1-19-9-11-22(12-10-19)18-32-24-15-13-21(14-16-24)17-26-27-25(29)20(2)28(33(3,30)31)23-7-5-4-6-8-23/h4-17,20H,18H2,1-3H3,(H,27,29)/b26-17-/t20-/m1/s1. The average molecular weight is 466 g/mol. The molecule has 172 valence electrons. The molecular formula is C25H27N3O4S. The van der Waals surface area contributed by atoms with Crippen molar-refractivity contribution in [2.75, 3.05) is 10.6 Å². The summed E-state index contributed by atoms with van der Waals surface area (Å²) in [5, 5.41) is 3.97. The van der Waals surface area contributed by atoms with Crippen LogP contribution in [-0.4, -0.2) is 32.8 Å². The van der Waals surface area contributed by atoms with Crippen LogP contribution >= 0.6 is 0 Å². The number of hydrogen-bond donors (Lipinski definition) is 1. The van der Waals surface area contributed by atoms with Crippen LogP contribution in [0.1, 0.15) is 23.6 Å². The van der Waals surface area contributed by atoms with E-state index in [0.717, 1.165) is 27.4 Å². The second kappa shape index (κ2) is 10.8. The highest BCUT2D eigenvalue weighted by atomic mass is 32.2. The third-order valence-corrected chi connectivity index (χ3v) is 6.14. The third kappa shape index (κ3) is 6.92. The van der Waals surface area contributed by atoms with Gasteiger partial charge in [0.1, 0.15) is 18.4 Å². The van der Waals surface area contributed by atoms with E-state index in [1.807, 2.05) is 55.5 Å². The van der Waals surface area contributed by atoms with Crippen LogP contribution in [-0.2, 0) is 21.4 Å². The van der Waals surface area contributed by atoms with E-state index in [2.05, 4.69) is 10.5 Å². The summed E-state index contributed by atoms with van der Waals surface area (Å²) in [5.41, 5.74) is 5.87. The Bertz CT molecular complexity index is 1190. The number of benzene rings is 3. The van der Waals surface area contributed by atoms with Gasteiger partial charge in [0.25, 0.3) is 5.91 Å². The fourth-order valence-corrected chi connectivity index (χ4v) is 4.32. The molecule has 0 heterocycles. The number of aryl methyl sites for hydroxylation is 1. The van der Waals surface area contributed by atoms with Crippen LogP contribution in [0.15, 0.2) is 84.0 Å². The number of rotatable bonds is 9. The van der Waals surface area contributed by atoms with Gasteiger partial charge in [-0.15, -0.1) is 0 Å². The summed E-state index contributed by atoms with van der Waals surface area (Å²) in [4.78, 5) is 12.5. The molecule has 33 heavy (non-hydrogen) atoms. The lowest BCUT2D eigenvalue weighted by molar-refractivity contribution is -0.121. The number of sulfonamides is 1. The molecule has 0 aromatic heterocycles. The normalized spacial score (nSPS) is 12.3. The van der Waals surface area contributed by atoms with Gasteiger partial charge in [0.15, 0.2) is 0 Å². The Morgan fingerprint density at radius 3 is 2.27 bits per heavy atom. The van der Waals surface area contributed by atoms with Crippen LogP contribution in [0.2, 0.25) is 0 Å². The van der Waals surface area contributed by atoms with Crippen molar-refractivity contribution in [1.82, 2.24) is 5.43 Å². The minimum atomic E-state index is -3.67. The van der Waals surface area contributed by atoms with E-state index in [0.29, 0.717) is 12.3 Å². The fraction of sp³-hybridized carbons (Fsp3) is 0.200. The Kier molecular flexibility index (Phi) is 7.84. The first-order valence-corrected chi connectivity index (χ1v) is 12.2. The number of amides is 1. The lowest BCUT2D eigenvalue weighted by atomic mass is 10.2. The molecule has 0 saturated carbocycles. The van der Waals surface area contributed by atoms with Gasteiger partial charge in [-0.05, 0) is 61.4 Å². The number of anilines is 1. The van der Waals surface area contributed by atoms with Crippen LogP contribution in [0.25, 0.3) is 0 Å². The highest BCUT2D eigenvalue weighted by Gasteiger charge is 2.28. The molecule has 0 saturated heterocycles. The van der Waals surface area contributed by atoms with Crippen molar-refractivity contribution in [3.05, 3.63) is 95.6 Å². The monoisotopic (exact) mass is 465 g/mol. The fourth-order valence-electron chi connectivity index (χ4n) is 3.15. The van der Waals surface area contributed by atoms with Gasteiger partial charge in [0.05, 0.1) is 18.2 Å². The van der Waals surface area contributed by atoms with E-state index in [4.69, 9.17) is 4.74 Å². The lowest BCUT2D eigenvalue weighted by Gasteiger charge is -2.27. The molecule has 1 N–H and O–H groups in total. The van der Waals surface area contributed by atoms with E-state index in [-0.39, 0.29) is 0 Å². The maximum atomic E-state index is 12.5. The maximum absolute atomic E-state index is 12.5. The number of hydrazone groups is 1. The second-order valence-corrected chi connectivity index (χ2v) is 9.51. The Balaban J connectivity index is 1.57.